The monoisotopic (exact) mass is 478 g/mol. The number of ether oxygens (including phenoxy) is 1. The Kier molecular flexibility index (Phi) is 6.81. The highest BCUT2D eigenvalue weighted by Crippen LogP contribution is 2.29. The summed E-state index contributed by atoms with van der Waals surface area (Å²) in [5.74, 6) is -1.31. The van der Waals surface area contributed by atoms with Gasteiger partial charge in [0.2, 0.25) is 5.91 Å². The molecule has 0 bridgehead atoms. The summed E-state index contributed by atoms with van der Waals surface area (Å²) < 4.78 is 5.57. The van der Waals surface area contributed by atoms with Crippen molar-refractivity contribution >= 4 is 28.9 Å². The number of hydrogen-bond donors (Lipinski definition) is 3. The van der Waals surface area contributed by atoms with Crippen LogP contribution in [0.25, 0.3) is 10.4 Å². The van der Waals surface area contributed by atoms with Crippen LogP contribution in [0.1, 0.15) is 29.1 Å². The van der Waals surface area contributed by atoms with Crippen LogP contribution in [-0.2, 0) is 20.7 Å². The summed E-state index contributed by atoms with van der Waals surface area (Å²) in [5, 5.41) is 15.2. The van der Waals surface area contributed by atoms with Crippen LogP contribution in [0.15, 0.2) is 66.7 Å². The minimum absolute atomic E-state index is 0.0651. The minimum atomic E-state index is -1.14. The van der Waals surface area contributed by atoms with E-state index in [9.17, 15) is 19.5 Å². The second-order valence-corrected chi connectivity index (χ2v) is 9.58. The van der Waals surface area contributed by atoms with E-state index in [1.807, 2.05) is 36.4 Å². The maximum absolute atomic E-state index is 13.3. The molecule has 0 aliphatic carbocycles. The van der Waals surface area contributed by atoms with E-state index in [2.05, 4.69) is 10.6 Å². The average Bonchev–Trinajstić information content (AvgIpc) is 3.42. The zero-order valence-electron chi connectivity index (χ0n) is 18.9. The van der Waals surface area contributed by atoms with Crippen LogP contribution in [0.2, 0.25) is 0 Å². The molecule has 3 unspecified atom stereocenters. The van der Waals surface area contributed by atoms with Crippen LogP contribution in [0.4, 0.5) is 0 Å². The fourth-order valence-corrected chi connectivity index (χ4v) is 4.69. The van der Waals surface area contributed by atoms with Gasteiger partial charge in [0.15, 0.2) is 5.78 Å². The molecule has 8 heteroatoms. The normalized spacial score (nSPS) is 20.6. The summed E-state index contributed by atoms with van der Waals surface area (Å²) in [6, 6.07) is 18.9. The number of hydrogen-bond acceptors (Lipinski definition) is 6. The van der Waals surface area contributed by atoms with Crippen LogP contribution in [0.5, 0.6) is 5.75 Å². The molecule has 1 saturated heterocycles. The lowest BCUT2D eigenvalue weighted by Crippen LogP contribution is -2.57. The van der Waals surface area contributed by atoms with Crippen molar-refractivity contribution < 1.29 is 24.2 Å². The predicted molar refractivity (Wildman–Crippen MR) is 129 cm³/mol. The maximum Gasteiger partial charge on any atom is 0.262 e. The van der Waals surface area contributed by atoms with E-state index in [1.54, 1.807) is 32.0 Å². The molecule has 2 aromatic carbocycles. The lowest BCUT2D eigenvalue weighted by molar-refractivity contribution is -0.132. The number of phenolic OH excluding ortho intramolecular Hbond substituents is 1. The summed E-state index contributed by atoms with van der Waals surface area (Å²) in [5.41, 5.74) is 0.626. The zero-order chi connectivity index (χ0) is 24.3. The fraction of sp³-hybridized carbons (Fsp3) is 0.269. The highest BCUT2D eigenvalue weighted by atomic mass is 32.1. The number of nitrogens with one attached hydrogen (secondary N) is 2. The van der Waals surface area contributed by atoms with Crippen molar-refractivity contribution in [3.05, 3.63) is 77.2 Å². The van der Waals surface area contributed by atoms with Gasteiger partial charge in [0, 0.05) is 11.3 Å². The number of carbonyl (C=O) groups excluding carboxylic acids is 3. The first-order chi connectivity index (χ1) is 16.2. The van der Waals surface area contributed by atoms with Crippen molar-refractivity contribution in [3.8, 4) is 16.2 Å². The van der Waals surface area contributed by atoms with E-state index < -0.39 is 23.6 Å². The molecule has 1 aromatic heterocycles. The first-order valence-electron chi connectivity index (χ1n) is 11.0. The Morgan fingerprint density at radius 1 is 1.12 bits per heavy atom. The fourth-order valence-electron chi connectivity index (χ4n) is 3.78. The Balaban J connectivity index is 1.53. The van der Waals surface area contributed by atoms with E-state index >= 15 is 0 Å². The summed E-state index contributed by atoms with van der Waals surface area (Å²) in [4.78, 5) is 39.7. The second-order valence-electron chi connectivity index (χ2n) is 8.50. The van der Waals surface area contributed by atoms with Crippen molar-refractivity contribution in [2.45, 2.75) is 32.0 Å². The molecule has 3 N–H and O–H groups in total. The van der Waals surface area contributed by atoms with Crippen molar-refractivity contribution in [3.63, 3.8) is 0 Å². The molecular weight excluding hydrogens is 452 g/mol. The van der Waals surface area contributed by atoms with Crippen LogP contribution in [0.3, 0.4) is 0 Å². The molecular formula is C26H26N2O5S. The molecule has 34 heavy (non-hydrogen) atoms. The summed E-state index contributed by atoms with van der Waals surface area (Å²) in [6.07, 6.45) is 0.202. The minimum Gasteiger partial charge on any atom is -0.508 e. The molecule has 0 saturated carbocycles. The molecule has 176 valence electrons. The largest absolute Gasteiger partial charge is 0.508 e. The van der Waals surface area contributed by atoms with Gasteiger partial charge in [-0.3, -0.25) is 14.4 Å². The van der Waals surface area contributed by atoms with Crippen molar-refractivity contribution in [2.75, 3.05) is 6.61 Å². The molecule has 1 aliphatic heterocycles. The van der Waals surface area contributed by atoms with Gasteiger partial charge in [0.25, 0.3) is 5.91 Å². The van der Waals surface area contributed by atoms with Gasteiger partial charge < -0.3 is 20.5 Å². The first-order valence-corrected chi connectivity index (χ1v) is 11.8. The Labute approximate surface area is 201 Å². The van der Waals surface area contributed by atoms with Crippen LogP contribution < -0.4 is 10.6 Å². The van der Waals surface area contributed by atoms with E-state index in [0.717, 1.165) is 16.0 Å². The molecule has 2 heterocycles. The second kappa shape index (κ2) is 9.79. The highest BCUT2D eigenvalue weighted by Gasteiger charge is 2.45. The molecule has 7 nitrogen and oxygen atoms in total. The Morgan fingerprint density at radius 3 is 2.47 bits per heavy atom. The number of ketones is 1. The van der Waals surface area contributed by atoms with Gasteiger partial charge in [-0.25, -0.2) is 0 Å². The van der Waals surface area contributed by atoms with Gasteiger partial charge in [-0.2, -0.15) is 0 Å². The SMILES string of the molecule is CC1C(=O)COC1(C)NC(=O)C(Cc1ccc(O)cc1)NC(=O)c1ccc(-c2ccccc2)s1. The Morgan fingerprint density at radius 2 is 1.82 bits per heavy atom. The molecule has 0 radical (unpaired) electrons. The third-order valence-electron chi connectivity index (χ3n) is 6.08. The first kappa shape index (κ1) is 23.7. The number of amides is 2. The lowest BCUT2D eigenvalue weighted by atomic mass is 9.97. The average molecular weight is 479 g/mol. The number of aromatic hydroxyl groups is 1. The number of rotatable bonds is 7. The number of carbonyl (C=O) groups is 3. The molecule has 3 aromatic rings. The van der Waals surface area contributed by atoms with Gasteiger partial charge in [0.05, 0.1) is 10.8 Å². The number of Topliss-reactive ketones (excluding diaryl/α,β-unsaturated/α-hetero) is 1. The van der Waals surface area contributed by atoms with Gasteiger partial charge >= 0.3 is 0 Å². The summed E-state index contributed by atoms with van der Waals surface area (Å²) in [7, 11) is 0. The molecule has 4 rings (SSSR count). The van der Waals surface area contributed by atoms with Gasteiger partial charge in [-0.1, -0.05) is 49.4 Å². The Hall–Kier alpha value is -3.49. The third kappa shape index (κ3) is 5.18. The van der Waals surface area contributed by atoms with Gasteiger partial charge in [0.1, 0.15) is 24.1 Å². The molecule has 2 amide bonds. The molecule has 1 fully saturated rings. The van der Waals surface area contributed by atoms with Gasteiger partial charge in [-0.05, 0) is 42.3 Å². The maximum atomic E-state index is 13.3. The van der Waals surface area contributed by atoms with E-state index in [4.69, 9.17) is 4.74 Å². The summed E-state index contributed by atoms with van der Waals surface area (Å²) >= 11 is 1.34. The van der Waals surface area contributed by atoms with Crippen molar-refractivity contribution in [1.82, 2.24) is 10.6 Å². The number of thiophene rings is 1. The summed E-state index contributed by atoms with van der Waals surface area (Å²) in [6.45, 7) is 3.30. The lowest BCUT2D eigenvalue weighted by Gasteiger charge is -2.30. The van der Waals surface area contributed by atoms with Crippen molar-refractivity contribution in [2.24, 2.45) is 5.92 Å². The van der Waals surface area contributed by atoms with Crippen molar-refractivity contribution in [1.29, 1.82) is 0 Å². The smallest absolute Gasteiger partial charge is 0.262 e. The van der Waals surface area contributed by atoms with Crippen LogP contribution in [-0.4, -0.2) is 41.1 Å². The third-order valence-corrected chi connectivity index (χ3v) is 7.21. The Bertz CT molecular complexity index is 1190. The zero-order valence-corrected chi connectivity index (χ0v) is 19.7. The van der Waals surface area contributed by atoms with Gasteiger partial charge in [-0.15, -0.1) is 11.3 Å². The molecule has 1 aliphatic rings. The standard InChI is InChI=1S/C26H26N2O5S/c1-16-21(30)15-33-26(16,2)28-24(31)20(14-17-8-10-19(29)11-9-17)27-25(32)23-13-12-22(34-23)18-6-4-3-5-7-18/h3-13,16,20,29H,14-15H2,1-2H3,(H,27,32)(H,28,31). The van der Waals surface area contributed by atoms with Crippen LogP contribution >= 0.6 is 11.3 Å². The van der Waals surface area contributed by atoms with E-state index in [1.165, 1.54) is 23.5 Å². The molecule has 0 spiro atoms. The van der Waals surface area contributed by atoms with E-state index in [0.29, 0.717) is 4.88 Å². The number of benzene rings is 2. The highest BCUT2D eigenvalue weighted by molar-refractivity contribution is 7.17. The molecule has 3 atom stereocenters. The quantitative estimate of drug-likeness (QED) is 0.482. The predicted octanol–water partition coefficient (Wildman–Crippen LogP) is 3.53. The van der Waals surface area contributed by atoms with Crippen LogP contribution in [0, 0.1) is 5.92 Å². The number of phenols is 1. The topological polar surface area (TPSA) is 105 Å². The van der Waals surface area contributed by atoms with E-state index in [-0.39, 0.29) is 30.5 Å².